The summed E-state index contributed by atoms with van der Waals surface area (Å²) in [5.74, 6) is 0.155. The number of carbonyl (C=O) groups is 1. The molecule has 1 saturated heterocycles. The highest BCUT2D eigenvalue weighted by atomic mass is 32.3. The number of amides is 1. The zero-order valence-corrected chi connectivity index (χ0v) is 11.4. The summed E-state index contributed by atoms with van der Waals surface area (Å²) < 4.78 is 39.8. The number of methoxy groups -OCH3 is 1. The number of anilines is 1. The Labute approximate surface area is 111 Å². The molecule has 1 aliphatic heterocycles. The van der Waals surface area contributed by atoms with Gasteiger partial charge in [-0.15, -0.1) is 3.89 Å². The standard InChI is InChI=1S/C12H14FNO4S/c1-8-3-4-9(18-2)5-11(8)14-7-10(6-12(14)15)19(13,16)17/h3-5,10H,6-7H2,1-2H3. The molecule has 1 aromatic rings. The molecule has 1 fully saturated rings. The molecule has 1 aromatic carbocycles. The van der Waals surface area contributed by atoms with E-state index in [1.807, 2.05) is 0 Å². The molecule has 7 heteroatoms. The molecule has 1 atom stereocenters. The Morgan fingerprint density at radius 2 is 2.11 bits per heavy atom. The lowest BCUT2D eigenvalue weighted by Crippen LogP contribution is -2.27. The Morgan fingerprint density at radius 1 is 1.42 bits per heavy atom. The number of rotatable bonds is 3. The van der Waals surface area contributed by atoms with Crippen molar-refractivity contribution in [3.63, 3.8) is 0 Å². The summed E-state index contributed by atoms with van der Waals surface area (Å²) >= 11 is 0. The molecular weight excluding hydrogens is 273 g/mol. The van der Waals surface area contributed by atoms with E-state index in [-0.39, 0.29) is 13.0 Å². The van der Waals surface area contributed by atoms with Crippen LogP contribution in [-0.4, -0.2) is 33.2 Å². The third kappa shape index (κ3) is 2.70. The summed E-state index contributed by atoms with van der Waals surface area (Å²) in [5, 5.41) is -1.29. The third-order valence-electron chi connectivity index (χ3n) is 3.19. The van der Waals surface area contributed by atoms with Crippen molar-refractivity contribution in [3.8, 4) is 5.75 Å². The Kier molecular flexibility index (Phi) is 3.49. The van der Waals surface area contributed by atoms with Gasteiger partial charge in [-0.1, -0.05) is 6.07 Å². The van der Waals surface area contributed by atoms with E-state index < -0.39 is 21.4 Å². The van der Waals surface area contributed by atoms with Crippen molar-refractivity contribution in [1.82, 2.24) is 0 Å². The Hall–Kier alpha value is -1.63. The van der Waals surface area contributed by atoms with Crippen molar-refractivity contribution in [1.29, 1.82) is 0 Å². The summed E-state index contributed by atoms with van der Waals surface area (Å²) in [5.41, 5.74) is 1.35. The highest BCUT2D eigenvalue weighted by Crippen LogP contribution is 2.31. The fraction of sp³-hybridized carbons (Fsp3) is 0.417. The van der Waals surface area contributed by atoms with Crippen LogP contribution in [0.25, 0.3) is 0 Å². The maximum atomic E-state index is 13.0. The zero-order valence-electron chi connectivity index (χ0n) is 10.6. The van der Waals surface area contributed by atoms with Crippen molar-refractivity contribution in [3.05, 3.63) is 23.8 Å². The van der Waals surface area contributed by atoms with E-state index >= 15 is 0 Å². The Balaban J connectivity index is 2.35. The fourth-order valence-corrected chi connectivity index (χ4v) is 2.77. The molecule has 104 valence electrons. The second kappa shape index (κ2) is 4.80. The molecule has 0 radical (unpaired) electrons. The van der Waals surface area contributed by atoms with Crippen molar-refractivity contribution in [2.75, 3.05) is 18.6 Å². The Bertz CT molecular complexity index is 614. The second-order valence-electron chi connectivity index (χ2n) is 4.46. The van der Waals surface area contributed by atoms with Crippen LogP contribution in [-0.2, 0) is 15.0 Å². The first-order valence-corrected chi connectivity index (χ1v) is 7.16. The minimum Gasteiger partial charge on any atom is -0.497 e. The summed E-state index contributed by atoms with van der Waals surface area (Å²) in [6, 6.07) is 5.14. The molecule has 0 aliphatic carbocycles. The molecule has 5 nitrogen and oxygen atoms in total. The van der Waals surface area contributed by atoms with E-state index in [9.17, 15) is 17.1 Å². The SMILES string of the molecule is COc1ccc(C)c(N2CC(S(=O)(=O)F)CC2=O)c1. The highest BCUT2D eigenvalue weighted by Gasteiger charge is 2.39. The molecule has 2 rings (SSSR count). The summed E-state index contributed by atoms with van der Waals surface area (Å²) in [7, 11) is -3.20. The van der Waals surface area contributed by atoms with E-state index in [0.29, 0.717) is 11.4 Å². The monoisotopic (exact) mass is 287 g/mol. The molecule has 0 aromatic heterocycles. The minimum atomic E-state index is -4.70. The van der Waals surface area contributed by atoms with Crippen LogP contribution >= 0.6 is 0 Å². The van der Waals surface area contributed by atoms with Crippen LogP contribution in [0.15, 0.2) is 18.2 Å². The van der Waals surface area contributed by atoms with Crippen LogP contribution in [0.2, 0.25) is 0 Å². The molecule has 1 amide bonds. The van der Waals surface area contributed by atoms with Gasteiger partial charge in [0.2, 0.25) is 5.91 Å². The minimum absolute atomic E-state index is 0.161. The van der Waals surface area contributed by atoms with Crippen LogP contribution in [0.1, 0.15) is 12.0 Å². The third-order valence-corrected chi connectivity index (χ3v) is 4.31. The summed E-state index contributed by atoms with van der Waals surface area (Å²) in [4.78, 5) is 13.1. The van der Waals surface area contributed by atoms with Gasteiger partial charge in [0.25, 0.3) is 0 Å². The van der Waals surface area contributed by atoms with Gasteiger partial charge in [-0.05, 0) is 18.6 Å². The van der Waals surface area contributed by atoms with Crippen LogP contribution in [0.5, 0.6) is 5.75 Å². The first-order chi connectivity index (χ1) is 8.82. The maximum absolute atomic E-state index is 13.0. The molecule has 0 spiro atoms. The highest BCUT2D eigenvalue weighted by molar-refractivity contribution is 7.87. The van der Waals surface area contributed by atoms with Crippen LogP contribution in [0.3, 0.4) is 0 Å². The molecule has 1 heterocycles. The average molecular weight is 287 g/mol. The largest absolute Gasteiger partial charge is 0.497 e. The van der Waals surface area contributed by atoms with E-state index in [2.05, 4.69) is 0 Å². The predicted molar refractivity (Wildman–Crippen MR) is 68.5 cm³/mol. The second-order valence-corrected chi connectivity index (χ2v) is 6.08. The first-order valence-electron chi connectivity index (χ1n) is 5.71. The smallest absolute Gasteiger partial charge is 0.307 e. The van der Waals surface area contributed by atoms with Gasteiger partial charge < -0.3 is 9.64 Å². The number of carbonyl (C=O) groups excluding carboxylic acids is 1. The number of hydrogen-bond donors (Lipinski definition) is 0. The quantitative estimate of drug-likeness (QED) is 0.788. The zero-order chi connectivity index (χ0) is 14.2. The normalized spacial score (nSPS) is 19.8. The van der Waals surface area contributed by atoms with Crippen molar-refractivity contribution < 1.29 is 21.8 Å². The van der Waals surface area contributed by atoms with Gasteiger partial charge >= 0.3 is 10.2 Å². The molecular formula is C12H14FNO4S. The fourth-order valence-electron chi connectivity index (χ4n) is 2.10. The average Bonchev–Trinajstić information content (AvgIpc) is 2.72. The van der Waals surface area contributed by atoms with E-state index in [1.165, 1.54) is 12.0 Å². The number of aryl methyl sites for hydroxylation is 1. The molecule has 1 unspecified atom stereocenters. The van der Waals surface area contributed by atoms with Crippen LogP contribution in [0, 0.1) is 6.92 Å². The molecule has 0 N–H and O–H groups in total. The van der Waals surface area contributed by atoms with E-state index in [0.717, 1.165) is 5.56 Å². The van der Waals surface area contributed by atoms with Gasteiger partial charge in [-0.2, -0.15) is 8.42 Å². The molecule has 19 heavy (non-hydrogen) atoms. The van der Waals surface area contributed by atoms with Crippen molar-refractivity contribution >= 4 is 21.8 Å². The number of halogens is 1. The Morgan fingerprint density at radius 3 is 2.63 bits per heavy atom. The van der Waals surface area contributed by atoms with E-state index in [4.69, 9.17) is 4.74 Å². The van der Waals surface area contributed by atoms with Gasteiger partial charge in [0.1, 0.15) is 11.0 Å². The lowest BCUT2D eigenvalue weighted by atomic mass is 10.1. The van der Waals surface area contributed by atoms with Gasteiger partial charge in [0.05, 0.1) is 12.8 Å². The van der Waals surface area contributed by atoms with Gasteiger partial charge in [0.15, 0.2) is 0 Å². The summed E-state index contributed by atoms with van der Waals surface area (Å²) in [6.07, 6.45) is -0.324. The molecule has 0 bridgehead atoms. The number of ether oxygens (including phenoxy) is 1. The first kappa shape index (κ1) is 13.8. The van der Waals surface area contributed by atoms with E-state index in [1.54, 1.807) is 25.1 Å². The summed E-state index contributed by atoms with van der Waals surface area (Å²) in [6.45, 7) is 1.63. The van der Waals surface area contributed by atoms with Gasteiger partial charge in [-0.3, -0.25) is 4.79 Å². The number of nitrogens with zero attached hydrogens (tertiary/aromatic N) is 1. The van der Waals surface area contributed by atoms with Crippen LogP contribution in [0.4, 0.5) is 9.57 Å². The van der Waals surface area contributed by atoms with Gasteiger partial charge in [0, 0.05) is 19.0 Å². The van der Waals surface area contributed by atoms with Gasteiger partial charge in [-0.25, -0.2) is 0 Å². The lowest BCUT2D eigenvalue weighted by molar-refractivity contribution is -0.117. The molecule has 1 aliphatic rings. The molecule has 0 saturated carbocycles. The van der Waals surface area contributed by atoms with Crippen LogP contribution < -0.4 is 9.64 Å². The van der Waals surface area contributed by atoms with Crippen molar-refractivity contribution in [2.45, 2.75) is 18.6 Å². The van der Waals surface area contributed by atoms with Crippen molar-refractivity contribution in [2.24, 2.45) is 0 Å². The predicted octanol–water partition coefficient (Wildman–Crippen LogP) is 1.41. The number of hydrogen-bond acceptors (Lipinski definition) is 4. The maximum Gasteiger partial charge on any atom is 0.307 e. The number of benzene rings is 1. The lowest BCUT2D eigenvalue weighted by Gasteiger charge is -2.19. The topological polar surface area (TPSA) is 63.7 Å².